The maximum absolute atomic E-state index is 12.7. The quantitative estimate of drug-likeness (QED) is 0.205. The van der Waals surface area contributed by atoms with E-state index in [0.717, 1.165) is 21.8 Å². The number of hydrogen-bond acceptors (Lipinski definition) is 10. The second-order valence-corrected chi connectivity index (χ2v) is 8.67. The van der Waals surface area contributed by atoms with Crippen molar-refractivity contribution in [1.29, 1.82) is 0 Å². The predicted octanol–water partition coefficient (Wildman–Crippen LogP) is 0.751. The standard InChI is InChI=1S/C19H16N6O5S2/c20-19-22-11(8-32-19)12(24-30)15(26)23-13-16(27)25-14(18(28)29)10(7-31-17(13)25)4-3-9-2-1-5-21-6-9/h1-6,8,13,17,30H,7H2,(H2,20,22)(H,23,26)(H,28,29)/b4-3-,24-12-/t13-,17-/m1/s1. The van der Waals surface area contributed by atoms with Gasteiger partial charge in [-0.1, -0.05) is 23.4 Å². The topological polar surface area (TPSA) is 171 Å². The van der Waals surface area contributed by atoms with Gasteiger partial charge in [0.2, 0.25) is 0 Å². The van der Waals surface area contributed by atoms with Gasteiger partial charge in [0.15, 0.2) is 10.8 Å². The zero-order valence-electron chi connectivity index (χ0n) is 16.2. The number of β-lactam (4-membered cyclic amide) rings is 1. The van der Waals surface area contributed by atoms with Crippen molar-refractivity contribution in [3.8, 4) is 0 Å². The van der Waals surface area contributed by atoms with Crippen LogP contribution in [0.5, 0.6) is 0 Å². The first-order valence-electron chi connectivity index (χ1n) is 9.14. The minimum atomic E-state index is -1.24. The molecule has 0 radical (unpaired) electrons. The summed E-state index contributed by atoms with van der Waals surface area (Å²) in [5.74, 6) is -2.31. The van der Waals surface area contributed by atoms with E-state index in [2.05, 4.69) is 20.4 Å². The summed E-state index contributed by atoms with van der Waals surface area (Å²) in [5.41, 5.74) is 6.35. The molecule has 0 spiro atoms. The molecule has 2 amide bonds. The van der Waals surface area contributed by atoms with Crippen molar-refractivity contribution in [2.75, 3.05) is 11.5 Å². The monoisotopic (exact) mass is 472 g/mol. The third-order valence-corrected chi connectivity index (χ3v) is 6.70. The molecule has 164 valence electrons. The number of carbonyl (C=O) groups excluding carboxylic acids is 2. The molecule has 13 heteroatoms. The number of pyridine rings is 1. The van der Waals surface area contributed by atoms with Crippen LogP contribution in [0, 0.1) is 0 Å². The van der Waals surface area contributed by atoms with E-state index in [4.69, 9.17) is 5.73 Å². The Morgan fingerprint density at radius 3 is 2.81 bits per heavy atom. The van der Waals surface area contributed by atoms with Crippen LogP contribution in [0.15, 0.2) is 52.4 Å². The van der Waals surface area contributed by atoms with Gasteiger partial charge in [-0.2, -0.15) is 0 Å². The number of nitrogens with two attached hydrogens (primary N) is 1. The number of anilines is 1. The van der Waals surface area contributed by atoms with Gasteiger partial charge in [-0.3, -0.25) is 19.5 Å². The number of carbonyl (C=O) groups is 3. The SMILES string of the molecule is Nc1nc(/C(=N/O)C(=O)N[C@@H]2C(=O)N3C(C(=O)O)=C(/C=C\c4cccnc4)CS[C@H]23)cs1. The highest BCUT2D eigenvalue weighted by molar-refractivity contribution is 8.00. The van der Waals surface area contributed by atoms with Crippen molar-refractivity contribution < 1.29 is 24.7 Å². The molecule has 0 aliphatic carbocycles. The third kappa shape index (κ3) is 3.94. The van der Waals surface area contributed by atoms with Gasteiger partial charge in [-0.15, -0.1) is 23.1 Å². The lowest BCUT2D eigenvalue weighted by Crippen LogP contribution is -2.71. The van der Waals surface area contributed by atoms with Crippen molar-refractivity contribution in [3.63, 3.8) is 0 Å². The molecule has 11 nitrogen and oxygen atoms in total. The number of hydrogen-bond donors (Lipinski definition) is 4. The Hall–Kier alpha value is -3.71. The summed E-state index contributed by atoms with van der Waals surface area (Å²) < 4.78 is 0. The predicted molar refractivity (Wildman–Crippen MR) is 118 cm³/mol. The van der Waals surface area contributed by atoms with Crippen LogP contribution in [0.2, 0.25) is 0 Å². The Kier molecular flexibility index (Phi) is 5.92. The van der Waals surface area contributed by atoms with Crippen molar-refractivity contribution >= 4 is 57.8 Å². The highest BCUT2D eigenvalue weighted by atomic mass is 32.2. The molecule has 5 N–H and O–H groups in total. The molecule has 4 heterocycles. The van der Waals surface area contributed by atoms with Crippen molar-refractivity contribution in [2.24, 2.45) is 5.16 Å². The highest BCUT2D eigenvalue weighted by Crippen LogP contribution is 2.40. The van der Waals surface area contributed by atoms with Crippen molar-refractivity contribution in [3.05, 3.63) is 58.5 Å². The fraction of sp³-hybridized carbons (Fsp3) is 0.158. The highest BCUT2D eigenvalue weighted by Gasteiger charge is 2.54. The Balaban J connectivity index is 1.52. The second-order valence-electron chi connectivity index (χ2n) is 6.68. The molecule has 2 aromatic rings. The molecule has 32 heavy (non-hydrogen) atoms. The number of nitrogens with zero attached hydrogens (tertiary/aromatic N) is 4. The number of nitrogens with one attached hydrogen (secondary N) is 1. The number of amides is 2. The van der Waals surface area contributed by atoms with Gasteiger partial charge >= 0.3 is 5.97 Å². The number of carboxylic acids is 1. The molecule has 0 bridgehead atoms. The summed E-state index contributed by atoms with van der Waals surface area (Å²) in [5, 5.41) is 25.4. The van der Waals surface area contributed by atoms with Crippen LogP contribution in [0.1, 0.15) is 11.3 Å². The largest absolute Gasteiger partial charge is 0.477 e. The molecule has 2 aromatic heterocycles. The van der Waals surface area contributed by atoms with E-state index in [1.54, 1.807) is 30.6 Å². The van der Waals surface area contributed by atoms with E-state index in [9.17, 15) is 24.7 Å². The molecule has 0 unspecified atom stereocenters. The number of nitrogen functional groups attached to an aromatic ring is 1. The number of thioether (sulfide) groups is 1. The summed E-state index contributed by atoms with van der Waals surface area (Å²) in [6.07, 6.45) is 6.63. The van der Waals surface area contributed by atoms with Gasteiger partial charge in [-0.25, -0.2) is 9.78 Å². The molecular weight excluding hydrogens is 456 g/mol. The molecule has 1 saturated heterocycles. The molecular formula is C19H16N6O5S2. The van der Waals surface area contributed by atoms with Crippen molar-refractivity contribution in [1.82, 2.24) is 20.2 Å². The van der Waals surface area contributed by atoms with Crippen LogP contribution >= 0.6 is 23.1 Å². The molecule has 4 rings (SSSR count). The summed E-state index contributed by atoms with van der Waals surface area (Å²) >= 11 is 2.38. The van der Waals surface area contributed by atoms with E-state index in [1.165, 1.54) is 17.1 Å². The third-order valence-electron chi connectivity index (χ3n) is 4.73. The van der Waals surface area contributed by atoms with Gasteiger partial charge in [0, 0.05) is 23.5 Å². The molecule has 1 fully saturated rings. The van der Waals surface area contributed by atoms with Gasteiger partial charge in [0.25, 0.3) is 11.8 Å². The van der Waals surface area contributed by atoms with Crippen LogP contribution in [-0.4, -0.2) is 65.8 Å². The second kappa shape index (κ2) is 8.80. The van der Waals surface area contributed by atoms with Crippen molar-refractivity contribution in [2.45, 2.75) is 11.4 Å². The number of allylic oxidation sites excluding steroid dienone is 1. The minimum absolute atomic E-state index is 0.0707. The van der Waals surface area contributed by atoms with E-state index in [0.29, 0.717) is 11.3 Å². The Labute approximate surface area is 189 Å². The number of aromatic nitrogens is 2. The lowest BCUT2D eigenvalue weighted by atomic mass is 10.0. The maximum Gasteiger partial charge on any atom is 0.352 e. The van der Waals surface area contributed by atoms with E-state index < -0.39 is 29.2 Å². The molecule has 2 aliphatic rings. The first-order valence-corrected chi connectivity index (χ1v) is 11.1. The van der Waals surface area contributed by atoms with Crippen LogP contribution in [0.4, 0.5) is 5.13 Å². The fourth-order valence-corrected chi connectivity index (χ4v) is 5.13. The molecule has 2 aliphatic heterocycles. The lowest BCUT2D eigenvalue weighted by Gasteiger charge is -2.49. The van der Waals surface area contributed by atoms with Crippen LogP contribution in [-0.2, 0) is 14.4 Å². The zero-order valence-corrected chi connectivity index (χ0v) is 17.8. The Morgan fingerprint density at radius 1 is 1.38 bits per heavy atom. The lowest BCUT2D eigenvalue weighted by molar-refractivity contribution is -0.150. The number of thiazole rings is 1. The van der Waals surface area contributed by atoms with Gasteiger partial charge < -0.3 is 21.4 Å². The first-order chi connectivity index (χ1) is 15.4. The van der Waals surface area contributed by atoms with E-state index >= 15 is 0 Å². The van der Waals surface area contributed by atoms with Gasteiger partial charge in [0.05, 0.1) is 0 Å². The summed E-state index contributed by atoms with van der Waals surface area (Å²) in [7, 11) is 0. The number of fused-ring (bicyclic) bond motifs is 1. The van der Waals surface area contributed by atoms with Crippen LogP contribution in [0.25, 0.3) is 6.08 Å². The number of carboxylic acid groups (broad SMARTS) is 1. The first kappa shape index (κ1) is 21.5. The molecule has 0 saturated carbocycles. The van der Waals surface area contributed by atoms with E-state index in [1.807, 2.05) is 6.07 Å². The molecule has 0 aromatic carbocycles. The maximum atomic E-state index is 12.7. The van der Waals surface area contributed by atoms with Crippen LogP contribution in [0.3, 0.4) is 0 Å². The summed E-state index contributed by atoms with van der Waals surface area (Å²) in [6, 6.07) is 2.60. The number of rotatable bonds is 6. The number of aliphatic carboxylic acids is 1. The summed E-state index contributed by atoms with van der Waals surface area (Å²) in [6.45, 7) is 0. The normalized spacial score (nSPS) is 20.8. The Bertz CT molecular complexity index is 1180. The Morgan fingerprint density at radius 2 is 2.19 bits per heavy atom. The number of oxime groups is 1. The fourth-order valence-electron chi connectivity index (χ4n) is 3.26. The smallest absolute Gasteiger partial charge is 0.352 e. The van der Waals surface area contributed by atoms with Gasteiger partial charge in [0.1, 0.15) is 22.8 Å². The average Bonchev–Trinajstić information content (AvgIpc) is 3.22. The van der Waals surface area contributed by atoms with Gasteiger partial charge in [-0.05, 0) is 17.2 Å². The van der Waals surface area contributed by atoms with E-state index in [-0.39, 0.29) is 22.2 Å². The molecule has 2 atom stereocenters. The average molecular weight is 473 g/mol. The minimum Gasteiger partial charge on any atom is -0.477 e. The summed E-state index contributed by atoms with van der Waals surface area (Å²) in [4.78, 5) is 46.3. The zero-order chi connectivity index (χ0) is 22.8. The van der Waals surface area contributed by atoms with Crippen LogP contribution < -0.4 is 11.1 Å².